The molecule has 0 radical (unpaired) electrons. The zero-order valence-corrected chi connectivity index (χ0v) is 16.1. The number of nitrogens with zero attached hydrogens (tertiary/aromatic N) is 3. The number of aromatic nitrogens is 1. The molecule has 6 heteroatoms. The van der Waals surface area contributed by atoms with Crippen LogP contribution in [-0.4, -0.2) is 55.2 Å². The minimum absolute atomic E-state index is 0.325. The van der Waals surface area contributed by atoms with Crippen LogP contribution in [0.25, 0.3) is 0 Å². The molecule has 6 nitrogen and oxygen atoms in total. The van der Waals surface area contributed by atoms with E-state index in [0.717, 1.165) is 44.3 Å². The average Bonchev–Trinajstić information content (AvgIpc) is 2.71. The number of para-hydroxylation sites is 1. The van der Waals surface area contributed by atoms with E-state index in [1.54, 1.807) is 19.2 Å². The summed E-state index contributed by atoms with van der Waals surface area (Å²) in [4.78, 5) is 20.9. The second kappa shape index (κ2) is 9.37. The molecule has 0 unspecified atom stereocenters. The summed E-state index contributed by atoms with van der Waals surface area (Å²) in [6.45, 7) is 9.48. The monoisotopic (exact) mass is 369 g/mol. The Labute approximate surface area is 160 Å². The van der Waals surface area contributed by atoms with Crippen LogP contribution in [0.5, 0.6) is 5.75 Å². The fourth-order valence-corrected chi connectivity index (χ4v) is 3.22. The number of hydrogen-bond donors (Lipinski definition) is 0. The highest BCUT2D eigenvalue weighted by Gasteiger charge is 2.19. The lowest BCUT2D eigenvalue weighted by Gasteiger charge is -2.35. The Hall–Kier alpha value is -2.60. The second-order valence-electron chi connectivity index (χ2n) is 6.43. The summed E-state index contributed by atoms with van der Waals surface area (Å²) in [5.41, 5.74) is 1.72. The van der Waals surface area contributed by atoms with Crippen molar-refractivity contribution in [1.29, 1.82) is 0 Å². The molecule has 2 heterocycles. The number of carbonyl (C=O) groups excluding carboxylic acids is 1. The Kier molecular flexibility index (Phi) is 6.65. The lowest BCUT2D eigenvalue weighted by molar-refractivity contribution is 0.0526. The van der Waals surface area contributed by atoms with E-state index in [0.29, 0.717) is 18.8 Å². The third kappa shape index (κ3) is 4.98. The maximum Gasteiger partial charge on any atom is 0.339 e. The third-order valence-electron chi connectivity index (χ3n) is 4.62. The van der Waals surface area contributed by atoms with E-state index >= 15 is 0 Å². The van der Waals surface area contributed by atoms with E-state index in [-0.39, 0.29) is 5.97 Å². The molecule has 1 aromatic carbocycles. The molecule has 0 spiro atoms. The van der Waals surface area contributed by atoms with Crippen LogP contribution in [0.4, 0.5) is 5.82 Å². The van der Waals surface area contributed by atoms with Crippen molar-refractivity contribution < 1.29 is 14.3 Å². The smallest absolute Gasteiger partial charge is 0.339 e. The molecule has 0 saturated carbocycles. The summed E-state index contributed by atoms with van der Waals surface area (Å²) < 4.78 is 10.7. The number of rotatable bonds is 7. The van der Waals surface area contributed by atoms with Gasteiger partial charge in [-0.2, -0.15) is 0 Å². The van der Waals surface area contributed by atoms with Gasteiger partial charge < -0.3 is 14.4 Å². The highest BCUT2D eigenvalue weighted by molar-refractivity contribution is 5.89. The normalized spacial score (nSPS) is 14.8. The van der Waals surface area contributed by atoms with Crippen LogP contribution in [0.2, 0.25) is 0 Å². The molecule has 1 aliphatic heterocycles. The molecule has 3 rings (SSSR count). The van der Waals surface area contributed by atoms with Crippen molar-refractivity contribution in [3.8, 4) is 5.75 Å². The van der Waals surface area contributed by atoms with Gasteiger partial charge >= 0.3 is 5.97 Å². The largest absolute Gasteiger partial charge is 0.494 e. The molecular formula is C21H27N3O3. The number of ether oxygens (including phenoxy) is 2. The Bertz CT molecular complexity index is 741. The molecule has 1 saturated heterocycles. The number of pyridine rings is 1. The van der Waals surface area contributed by atoms with Gasteiger partial charge in [0.1, 0.15) is 11.6 Å². The molecule has 1 aliphatic rings. The molecule has 0 N–H and O–H groups in total. The fraction of sp³-hybridized carbons (Fsp3) is 0.429. The van der Waals surface area contributed by atoms with Gasteiger partial charge in [-0.15, -0.1) is 0 Å². The summed E-state index contributed by atoms with van der Waals surface area (Å²) in [5, 5.41) is 0. The SMILES string of the molecule is CCOC(=O)c1ccc(N2CCN(Cc3ccccc3OCC)CC2)nc1. The summed E-state index contributed by atoms with van der Waals surface area (Å²) in [7, 11) is 0. The Balaban J connectivity index is 1.55. The summed E-state index contributed by atoms with van der Waals surface area (Å²) in [5.74, 6) is 1.55. The highest BCUT2D eigenvalue weighted by atomic mass is 16.5. The molecule has 1 fully saturated rings. The molecular weight excluding hydrogens is 342 g/mol. The van der Waals surface area contributed by atoms with Crippen LogP contribution in [0.3, 0.4) is 0 Å². The quantitative estimate of drug-likeness (QED) is 0.700. The third-order valence-corrected chi connectivity index (χ3v) is 4.62. The predicted molar refractivity (Wildman–Crippen MR) is 105 cm³/mol. The molecule has 0 atom stereocenters. The first-order valence-corrected chi connectivity index (χ1v) is 9.52. The van der Waals surface area contributed by atoms with E-state index in [1.165, 1.54) is 5.56 Å². The minimum atomic E-state index is -0.325. The first-order chi connectivity index (χ1) is 13.2. The van der Waals surface area contributed by atoms with Crippen molar-refractivity contribution in [2.75, 3.05) is 44.3 Å². The Morgan fingerprint density at radius 3 is 2.48 bits per heavy atom. The van der Waals surface area contributed by atoms with E-state index in [4.69, 9.17) is 9.47 Å². The zero-order chi connectivity index (χ0) is 19.1. The summed E-state index contributed by atoms with van der Waals surface area (Å²) >= 11 is 0. The van der Waals surface area contributed by atoms with Crippen LogP contribution in [0, 0.1) is 0 Å². The number of anilines is 1. The Morgan fingerprint density at radius 1 is 1.04 bits per heavy atom. The maximum atomic E-state index is 11.7. The van der Waals surface area contributed by atoms with E-state index in [2.05, 4.69) is 26.9 Å². The van der Waals surface area contributed by atoms with Crippen molar-refractivity contribution >= 4 is 11.8 Å². The number of hydrogen-bond acceptors (Lipinski definition) is 6. The molecule has 0 amide bonds. The van der Waals surface area contributed by atoms with Gasteiger partial charge in [-0.25, -0.2) is 9.78 Å². The van der Waals surface area contributed by atoms with E-state index in [1.807, 2.05) is 25.1 Å². The lowest BCUT2D eigenvalue weighted by Crippen LogP contribution is -2.46. The predicted octanol–water partition coefficient (Wildman–Crippen LogP) is 2.98. The van der Waals surface area contributed by atoms with Crippen LogP contribution >= 0.6 is 0 Å². The summed E-state index contributed by atoms with van der Waals surface area (Å²) in [6.07, 6.45) is 1.60. The average molecular weight is 369 g/mol. The first kappa shape index (κ1) is 19.2. The van der Waals surface area contributed by atoms with Gasteiger partial charge in [-0.3, -0.25) is 4.90 Å². The van der Waals surface area contributed by atoms with Gasteiger partial charge in [0.2, 0.25) is 0 Å². The van der Waals surface area contributed by atoms with Crippen molar-refractivity contribution in [3.05, 3.63) is 53.7 Å². The number of piperazine rings is 1. The topological polar surface area (TPSA) is 54.9 Å². The van der Waals surface area contributed by atoms with Gasteiger partial charge in [-0.1, -0.05) is 18.2 Å². The Morgan fingerprint density at radius 2 is 1.81 bits per heavy atom. The van der Waals surface area contributed by atoms with E-state index < -0.39 is 0 Å². The van der Waals surface area contributed by atoms with Crippen LogP contribution in [-0.2, 0) is 11.3 Å². The maximum absolute atomic E-state index is 11.7. The van der Waals surface area contributed by atoms with Crippen molar-refractivity contribution in [1.82, 2.24) is 9.88 Å². The molecule has 1 aromatic heterocycles. The summed E-state index contributed by atoms with van der Waals surface area (Å²) in [6, 6.07) is 11.9. The standard InChI is InChI=1S/C21H27N3O3/c1-3-26-19-8-6-5-7-18(19)16-23-11-13-24(14-12-23)20-10-9-17(15-22-20)21(25)27-4-2/h5-10,15H,3-4,11-14,16H2,1-2H3. The molecule has 27 heavy (non-hydrogen) atoms. The van der Waals surface area contributed by atoms with Crippen LogP contribution < -0.4 is 9.64 Å². The van der Waals surface area contributed by atoms with Crippen molar-refractivity contribution in [3.63, 3.8) is 0 Å². The highest BCUT2D eigenvalue weighted by Crippen LogP contribution is 2.21. The molecule has 0 bridgehead atoms. The number of benzene rings is 1. The van der Waals surface area contributed by atoms with Crippen molar-refractivity contribution in [2.45, 2.75) is 20.4 Å². The molecule has 0 aliphatic carbocycles. The first-order valence-electron chi connectivity index (χ1n) is 9.52. The number of esters is 1. The van der Waals surface area contributed by atoms with Crippen LogP contribution in [0.1, 0.15) is 29.8 Å². The minimum Gasteiger partial charge on any atom is -0.494 e. The van der Waals surface area contributed by atoms with E-state index in [9.17, 15) is 4.79 Å². The fourth-order valence-electron chi connectivity index (χ4n) is 3.22. The van der Waals surface area contributed by atoms with Gasteiger partial charge in [0.15, 0.2) is 0 Å². The van der Waals surface area contributed by atoms with Crippen molar-refractivity contribution in [2.24, 2.45) is 0 Å². The number of carbonyl (C=O) groups is 1. The van der Waals surface area contributed by atoms with Gasteiger partial charge in [0.25, 0.3) is 0 Å². The molecule has 144 valence electrons. The second-order valence-corrected chi connectivity index (χ2v) is 6.43. The van der Waals surface area contributed by atoms with Gasteiger partial charge in [0.05, 0.1) is 18.8 Å². The van der Waals surface area contributed by atoms with Crippen LogP contribution in [0.15, 0.2) is 42.6 Å². The molecule has 2 aromatic rings. The van der Waals surface area contributed by atoms with Gasteiger partial charge in [0, 0.05) is 44.5 Å². The zero-order valence-electron chi connectivity index (χ0n) is 16.1. The lowest BCUT2D eigenvalue weighted by atomic mass is 10.1. The van der Waals surface area contributed by atoms with Gasteiger partial charge in [-0.05, 0) is 32.0 Å².